The second-order valence-electron chi connectivity index (χ2n) is 4.26. The quantitative estimate of drug-likeness (QED) is 0.853. The molecule has 0 amide bonds. The van der Waals surface area contributed by atoms with Gasteiger partial charge in [0.1, 0.15) is 4.90 Å². The van der Waals surface area contributed by atoms with Crippen LogP contribution >= 0.6 is 0 Å². The maximum absolute atomic E-state index is 12.2. The number of nitrogen functional groups attached to an aromatic ring is 1. The normalized spacial score (nSPS) is 12.6. The molecule has 0 unspecified atom stereocenters. The zero-order valence-electron chi connectivity index (χ0n) is 10.7. The molecule has 0 aliphatic carbocycles. The van der Waals surface area contributed by atoms with Gasteiger partial charge >= 0.3 is 0 Å². The molecular weight excluding hydrogens is 240 g/mol. The maximum Gasteiger partial charge on any atom is 0.248 e. The van der Waals surface area contributed by atoms with E-state index in [0.717, 1.165) is 6.42 Å². The lowest BCUT2D eigenvalue weighted by Gasteiger charge is -2.20. The SMILES string of the molecule is CCCn1cc(S(=O)(=O)N(C)C(C)C)c(N)n1. The molecule has 0 saturated carbocycles. The number of sulfonamides is 1. The summed E-state index contributed by atoms with van der Waals surface area (Å²) < 4.78 is 27.3. The average Bonchev–Trinajstić information content (AvgIpc) is 2.59. The number of rotatable bonds is 5. The molecular formula is C10H20N4O2S. The molecule has 0 aromatic carbocycles. The topological polar surface area (TPSA) is 81.2 Å². The zero-order chi connectivity index (χ0) is 13.2. The van der Waals surface area contributed by atoms with Gasteiger partial charge in [-0.05, 0) is 20.3 Å². The first-order valence-electron chi connectivity index (χ1n) is 5.61. The molecule has 1 aromatic heterocycles. The molecule has 0 radical (unpaired) electrons. The second-order valence-corrected chi connectivity index (χ2v) is 6.22. The second kappa shape index (κ2) is 5.05. The highest BCUT2D eigenvalue weighted by Gasteiger charge is 2.27. The van der Waals surface area contributed by atoms with Crippen LogP contribution in [0.1, 0.15) is 27.2 Å². The lowest BCUT2D eigenvalue weighted by molar-refractivity contribution is 0.410. The van der Waals surface area contributed by atoms with Gasteiger partial charge in [-0.1, -0.05) is 6.92 Å². The monoisotopic (exact) mass is 260 g/mol. The predicted molar refractivity (Wildman–Crippen MR) is 67.0 cm³/mol. The van der Waals surface area contributed by atoms with Crippen LogP contribution in [0.4, 0.5) is 5.82 Å². The minimum Gasteiger partial charge on any atom is -0.381 e. The number of nitrogens with zero attached hydrogens (tertiary/aromatic N) is 3. The zero-order valence-corrected chi connectivity index (χ0v) is 11.5. The van der Waals surface area contributed by atoms with Gasteiger partial charge in [-0.3, -0.25) is 4.68 Å². The smallest absolute Gasteiger partial charge is 0.248 e. The van der Waals surface area contributed by atoms with Crippen LogP contribution in [-0.4, -0.2) is 35.6 Å². The standard InChI is InChI=1S/C10H20N4O2S/c1-5-6-14-7-9(10(11)12-14)17(15,16)13(4)8(2)3/h7-8H,5-6H2,1-4H3,(H2,11,12). The fourth-order valence-corrected chi connectivity index (χ4v) is 2.82. The summed E-state index contributed by atoms with van der Waals surface area (Å²) in [5.74, 6) is 0.0611. The third-order valence-corrected chi connectivity index (χ3v) is 4.64. The number of hydrogen-bond acceptors (Lipinski definition) is 4. The Kier molecular flexibility index (Phi) is 4.16. The number of hydrogen-bond donors (Lipinski definition) is 1. The van der Waals surface area contributed by atoms with Gasteiger partial charge in [0.25, 0.3) is 0 Å². The summed E-state index contributed by atoms with van der Waals surface area (Å²) in [5, 5.41) is 4.00. The van der Waals surface area contributed by atoms with Crippen molar-refractivity contribution in [3.8, 4) is 0 Å². The molecule has 7 heteroatoms. The molecule has 2 N–H and O–H groups in total. The van der Waals surface area contributed by atoms with Crippen LogP contribution in [0.15, 0.2) is 11.1 Å². The van der Waals surface area contributed by atoms with Gasteiger partial charge in [-0.15, -0.1) is 0 Å². The van der Waals surface area contributed by atoms with E-state index in [1.165, 1.54) is 17.5 Å². The molecule has 0 atom stereocenters. The molecule has 0 saturated heterocycles. The Hall–Kier alpha value is -1.08. The van der Waals surface area contributed by atoms with Crippen LogP contribution in [0.3, 0.4) is 0 Å². The Morgan fingerprint density at radius 3 is 2.59 bits per heavy atom. The van der Waals surface area contributed by atoms with Crippen molar-refractivity contribution < 1.29 is 8.42 Å². The first kappa shape index (κ1) is 14.0. The minimum atomic E-state index is -3.54. The predicted octanol–water partition coefficient (Wildman–Crippen LogP) is 0.904. The molecule has 0 bridgehead atoms. The molecule has 1 aromatic rings. The maximum atomic E-state index is 12.2. The van der Waals surface area contributed by atoms with Gasteiger partial charge in [-0.25, -0.2) is 8.42 Å². The minimum absolute atomic E-state index is 0.0611. The van der Waals surface area contributed by atoms with Crippen molar-refractivity contribution in [3.63, 3.8) is 0 Å². The number of nitrogens with two attached hydrogens (primary N) is 1. The highest BCUT2D eigenvalue weighted by molar-refractivity contribution is 7.89. The van der Waals surface area contributed by atoms with Crippen molar-refractivity contribution in [3.05, 3.63) is 6.20 Å². The Labute approximate surface area is 102 Å². The van der Waals surface area contributed by atoms with Crippen molar-refractivity contribution in [1.82, 2.24) is 14.1 Å². The van der Waals surface area contributed by atoms with Crippen LogP contribution in [0.5, 0.6) is 0 Å². The summed E-state index contributed by atoms with van der Waals surface area (Å²) in [5.41, 5.74) is 5.66. The van der Waals surface area contributed by atoms with Crippen molar-refractivity contribution >= 4 is 15.8 Å². The third kappa shape index (κ3) is 2.78. The lowest BCUT2D eigenvalue weighted by Crippen LogP contribution is -2.33. The fraction of sp³-hybridized carbons (Fsp3) is 0.700. The van der Waals surface area contributed by atoms with E-state index in [-0.39, 0.29) is 16.8 Å². The highest BCUT2D eigenvalue weighted by atomic mass is 32.2. The van der Waals surface area contributed by atoms with Gasteiger partial charge in [-0.2, -0.15) is 9.40 Å². The van der Waals surface area contributed by atoms with E-state index in [4.69, 9.17) is 5.73 Å². The highest BCUT2D eigenvalue weighted by Crippen LogP contribution is 2.21. The van der Waals surface area contributed by atoms with E-state index in [1.54, 1.807) is 4.68 Å². The first-order chi connectivity index (χ1) is 7.80. The van der Waals surface area contributed by atoms with Crippen molar-refractivity contribution in [1.29, 1.82) is 0 Å². The van der Waals surface area contributed by atoms with Gasteiger partial charge in [0.2, 0.25) is 10.0 Å². The summed E-state index contributed by atoms with van der Waals surface area (Å²) in [4.78, 5) is 0.0853. The fourth-order valence-electron chi connectivity index (χ4n) is 1.39. The van der Waals surface area contributed by atoms with E-state index >= 15 is 0 Å². The largest absolute Gasteiger partial charge is 0.381 e. The Bertz CT molecular complexity index is 478. The molecule has 6 nitrogen and oxygen atoms in total. The number of aryl methyl sites for hydroxylation is 1. The Morgan fingerprint density at radius 1 is 1.53 bits per heavy atom. The molecule has 0 spiro atoms. The van der Waals surface area contributed by atoms with Crippen molar-refractivity contribution in [2.24, 2.45) is 0 Å². The third-order valence-electron chi connectivity index (χ3n) is 2.59. The number of aromatic nitrogens is 2. The summed E-state index contributed by atoms with van der Waals surface area (Å²) in [6.45, 7) is 6.27. The summed E-state index contributed by atoms with van der Waals surface area (Å²) >= 11 is 0. The molecule has 0 aliphatic rings. The molecule has 98 valence electrons. The van der Waals surface area contributed by atoms with Crippen LogP contribution in [0, 0.1) is 0 Å². The average molecular weight is 260 g/mol. The van der Waals surface area contributed by atoms with Crippen molar-refractivity contribution in [2.45, 2.75) is 44.7 Å². The molecule has 17 heavy (non-hydrogen) atoms. The van der Waals surface area contributed by atoms with E-state index < -0.39 is 10.0 Å². The van der Waals surface area contributed by atoms with Crippen molar-refractivity contribution in [2.75, 3.05) is 12.8 Å². The first-order valence-corrected chi connectivity index (χ1v) is 7.05. The van der Waals surface area contributed by atoms with Gasteiger partial charge in [0, 0.05) is 25.8 Å². The van der Waals surface area contributed by atoms with Crippen LogP contribution in [0.25, 0.3) is 0 Å². The van der Waals surface area contributed by atoms with Gasteiger partial charge < -0.3 is 5.73 Å². The molecule has 1 rings (SSSR count). The van der Waals surface area contributed by atoms with Crippen LogP contribution in [-0.2, 0) is 16.6 Å². The van der Waals surface area contributed by atoms with Gasteiger partial charge in [0.05, 0.1) is 0 Å². The molecule has 0 aliphatic heterocycles. The summed E-state index contributed by atoms with van der Waals surface area (Å²) in [6, 6.07) is -0.117. The molecule has 1 heterocycles. The van der Waals surface area contributed by atoms with E-state index in [0.29, 0.717) is 6.54 Å². The van der Waals surface area contributed by atoms with Crippen LogP contribution in [0.2, 0.25) is 0 Å². The molecule has 0 fully saturated rings. The van der Waals surface area contributed by atoms with E-state index in [2.05, 4.69) is 5.10 Å². The lowest BCUT2D eigenvalue weighted by atomic mass is 10.4. The Morgan fingerprint density at radius 2 is 2.12 bits per heavy atom. The Balaban J connectivity index is 3.15. The summed E-state index contributed by atoms with van der Waals surface area (Å²) in [7, 11) is -2.00. The summed E-state index contributed by atoms with van der Waals surface area (Å²) in [6.07, 6.45) is 2.37. The van der Waals surface area contributed by atoms with Gasteiger partial charge in [0.15, 0.2) is 5.82 Å². The van der Waals surface area contributed by atoms with E-state index in [1.807, 2.05) is 20.8 Å². The van der Waals surface area contributed by atoms with Crippen LogP contribution < -0.4 is 5.73 Å². The number of anilines is 1. The van der Waals surface area contributed by atoms with E-state index in [9.17, 15) is 8.42 Å².